The first-order valence-electron chi connectivity index (χ1n) is 3.47. The minimum atomic E-state index is 1.10. The van der Waals surface area contributed by atoms with Gasteiger partial charge in [-0.05, 0) is 31.0 Å². The van der Waals surface area contributed by atoms with Crippen LogP contribution in [0.4, 0.5) is 0 Å². The molecule has 1 heterocycles. The number of hydrogen-bond acceptors (Lipinski definition) is 1. The topological polar surface area (TPSA) is 12.9 Å². The summed E-state index contributed by atoms with van der Waals surface area (Å²) in [6.07, 6.45) is 3.88. The van der Waals surface area contributed by atoms with Gasteiger partial charge in [0.2, 0.25) is 0 Å². The Morgan fingerprint density at radius 1 is 1.40 bits per heavy atom. The second-order valence-corrected chi connectivity index (χ2v) is 2.43. The Kier molecular flexibility index (Phi) is 2.05. The van der Waals surface area contributed by atoms with Gasteiger partial charge in [0.1, 0.15) is 0 Å². The van der Waals surface area contributed by atoms with E-state index in [9.17, 15) is 0 Å². The molecule has 0 bridgehead atoms. The molecule has 1 aromatic heterocycles. The first kappa shape index (κ1) is 7.26. The van der Waals surface area contributed by atoms with E-state index in [0.29, 0.717) is 0 Å². The summed E-state index contributed by atoms with van der Waals surface area (Å²) in [4.78, 5) is 4.20. The van der Waals surface area contributed by atoms with E-state index >= 15 is 0 Å². The highest BCUT2D eigenvalue weighted by atomic mass is 14.7. The van der Waals surface area contributed by atoms with Crippen molar-refractivity contribution in [1.82, 2.24) is 4.98 Å². The summed E-state index contributed by atoms with van der Waals surface area (Å²) in [5, 5.41) is 0. The minimum absolute atomic E-state index is 1.10. The molecule has 0 saturated heterocycles. The molecule has 0 unspecified atom stereocenters. The lowest BCUT2D eigenvalue weighted by Gasteiger charge is -2.02. The Bertz CT molecular complexity index is 228. The molecule has 1 heteroatoms. The number of hydrogen-bond donors (Lipinski definition) is 0. The molecule has 0 spiro atoms. The van der Waals surface area contributed by atoms with Crippen molar-refractivity contribution in [2.24, 2.45) is 0 Å². The predicted molar refractivity (Wildman–Crippen MR) is 42.8 cm³/mol. The van der Waals surface area contributed by atoms with E-state index in [4.69, 9.17) is 0 Å². The van der Waals surface area contributed by atoms with Gasteiger partial charge in [-0.15, -0.1) is 0 Å². The lowest BCUT2D eigenvalue weighted by atomic mass is 10.1. The summed E-state index contributed by atoms with van der Waals surface area (Å²) in [5.74, 6) is 0. The molecule has 0 amide bonds. The van der Waals surface area contributed by atoms with Gasteiger partial charge in [0.25, 0.3) is 0 Å². The summed E-state index contributed by atoms with van der Waals surface area (Å²) in [5.41, 5.74) is 3.69. The largest absolute Gasteiger partial charge is 0.261 e. The third kappa shape index (κ3) is 1.18. The molecule has 53 valence electrons. The van der Waals surface area contributed by atoms with Crippen LogP contribution in [0.25, 0.3) is 0 Å². The van der Waals surface area contributed by atoms with Gasteiger partial charge >= 0.3 is 0 Å². The Morgan fingerprint density at radius 2 is 2.10 bits per heavy atom. The maximum atomic E-state index is 4.20. The van der Waals surface area contributed by atoms with E-state index in [1.165, 1.54) is 11.1 Å². The second-order valence-electron chi connectivity index (χ2n) is 2.43. The number of aromatic nitrogens is 1. The standard InChI is InChI=1S/C9H12N/c1-4-9-8(3)7(2)5-6-10-9/h4-6H,1-3H3. The van der Waals surface area contributed by atoms with Crippen molar-refractivity contribution >= 4 is 0 Å². The quantitative estimate of drug-likeness (QED) is 0.574. The summed E-state index contributed by atoms with van der Waals surface area (Å²) in [6, 6.07) is 2.03. The first-order chi connectivity index (χ1) is 4.75. The number of nitrogens with zero attached hydrogens (tertiary/aromatic N) is 1. The van der Waals surface area contributed by atoms with E-state index in [0.717, 1.165) is 5.69 Å². The SMILES string of the molecule is C[CH]c1nccc(C)c1C. The molecule has 1 nitrogen and oxygen atoms in total. The summed E-state index contributed by atoms with van der Waals surface area (Å²) >= 11 is 0. The summed E-state index contributed by atoms with van der Waals surface area (Å²) < 4.78 is 0. The highest BCUT2D eigenvalue weighted by Gasteiger charge is 1.97. The smallest absolute Gasteiger partial charge is 0.0470 e. The molecule has 1 rings (SSSR count). The molecule has 0 saturated carbocycles. The van der Waals surface area contributed by atoms with Crippen molar-refractivity contribution in [2.45, 2.75) is 20.8 Å². The van der Waals surface area contributed by atoms with E-state index in [1.54, 1.807) is 0 Å². The Morgan fingerprint density at radius 3 is 2.60 bits per heavy atom. The van der Waals surface area contributed by atoms with Crippen LogP contribution < -0.4 is 0 Å². The zero-order chi connectivity index (χ0) is 7.56. The van der Waals surface area contributed by atoms with Gasteiger partial charge in [0.15, 0.2) is 0 Å². The molecular formula is C9H12N. The van der Waals surface area contributed by atoms with Crippen LogP contribution in [-0.2, 0) is 0 Å². The number of rotatable bonds is 1. The molecule has 1 aromatic rings. The Balaban J connectivity index is 3.14. The highest BCUT2D eigenvalue weighted by molar-refractivity contribution is 5.30. The fraction of sp³-hybridized carbons (Fsp3) is 0.333. The average Bonchev–Trinajstić information content (AvgIpc) is 1.95. The molecular weight excluding hydrogens is 122 g/mol. The molecule has 1 radical (unpaired) electrons. The van der Waals surface area contributed by atoms with Crippen molar-refractivity contribution in [2.75, 3.05) is 0 Å². The van der Waals surface area contributed by atoms with E-state index in [-0.39, 0.29) is 0 Å². The van der Waals surface area contributed by atoms with Gasteiger partial charge < -0.3 is 0 Å². The summed E-state index contributed by atoms with van der Waals surface area (Å²) in [7, 11) is 0. The van der Waals surface area contributed by atoms with E-state index in [2.05, 4.69) is 18.8 Å². The molecule has 0 aliphatic heterocycles. The first-order valence-corrected chi connectivity index (χ1v) is 3.47. The number of pyridine rings is 1. The highest BCUT2D eigenvalue weighted by Crippen LogP contribution is 2.10. The monoisotopic (exact) mass is 134 g/mol. The molecule has 0 fully saturated rings. The van der Waals surface area contributed by atoms with Gasteiger partial charge in [0.05, 0.1) is 0 Å². The van der Waals surface area contributed by atoms with Gasteiger partial charge in [0, 0.05) is 18.3 Å². The molecule has 0 atom stereocenters. The van der Waals surface area contributed by atoms with Gasteiger partial charge in [-0.25, -0.2) is 0 Å². The summed E-state index contributed by atoms with van der Waals surface area (Å²) in [6.45, 7) is 6.20. The molecule has 0 aliphatic carbocycles. The van der Waals surface area contributed by atoms with Crippen LogP contribution in [0.2, 0.25) is 0 Å². The molecule has 0 aliphatic rings. The average molecular weight is 134 g/mol. The Hall–Kier alpha value is -0.850. The predicted octanol–water partition coefficient (Wildman–Crippen LogP) is 2.27. The van der Waals surface area contributed by atoms with E-state index in [1.807, 2.05) is 25.6 Å². The zero-order valence-corrected chi connectivity index (χ0v) is 6.68. The van der Waals surface area contributed by atoms with Crippen LogP contribution >= 0.6 is 0 Å². The normalized spacial score (nSPS) is 9.90. The fourth-order valence-corrected chi connectivity index (χ4v) is 0.944. The lowest BCUT2D eigenvalue weighted by Crippen LogP contribution is -1.91. The molecule has 10 heavy (non-hydrogen) atoms. The van der Waals surface area contributed by atoms with Crippen LogP contribution in [0, 0.1) is 20.3 Å². The van der Waals surface area contributed by atoms with Crippen LogP contribution in [-0.4, -0.2) is 4.98 Å². The van der Waals surface area contributed by atoms with Gasteiger partial charge in [-0.1, -0.05) is 6.92 Å². The van der Waals surface area contributed by atoms with Crippen molar-refractivity contribution < 1.29 is 0 Å². The van der Waals surface area contributed by atoms with Crippen LogP contribution in [0.3, 0.4) is 0 Å². The van der Waals surface area contributed by atoms with Crippen molar-refractivity contribution in [1.29, 1.82) is 0 Å². The van der Waals surface area contributed by atoms with Crippen molar-refractivity contribution in [3.05, 3.63) is 35.5 Å². The van der Waals surface area contributed by atoms with Crippen LogP contribution in [0.5, 0.6) is 0 Å². The number of aryl methyl sites for hydroxylation is 1. The third-order valence-corrected chi connectivity index (χ3v) is 1.79. The zero-order valence-electron chi connectivity index (χ0n) is 6.68. The minimum Gasteiger partial charge on any atom is -0.261 e. The van der Waals surface area contributed by atoms with E-state index < -0.39 is 0 Å². The van der Waals surface area contributed by atoms with Crippen LogP contribution in [0.15, 0.2) is 12.3 Å². The Labute approximate surface area is 62.1 Å². The van der Waals surface area contributed by atoms with Crippen molar-refractivity contribution in [3.8, 4) is 0 Å². The molecule has 0 N–H and O–H groups in total. The lowest BCUT2D eigenvalue weighted by molar-refractivity contribution is 1.13. The maximum absolute atomic E-state index is 4.20. The fourth-order valence-electron chi connectivity index (χ4n) is 0.944. The van der Waals surface area contributed by atoms with Gasteiger partial charge in [-0.3, -0.25) is 4.98 Å². The van der Waals surface area contributed by atoms with Crippen molar-refractivity contribution in [3.63, 3.8) is 0 Å². The maximum Gasteiger partial charge on any atom is 0.0470 e. The van der Waals surface area contributed by atoms with Crippen LogP contribution in [0.1, 0.15) is 23.7 Å². The molecule has 0 aromatic carbocycles. The third-order valence-electron chi connectivity index (χ3n) is 1.79. The second kappa shape index (κ2) is 2.82. The van der Waals surface area contributed by atoms with Gasteiger partial charge in [-0.2, -0.15) is 0 Å².